The third-order valence-electron chi connectivity index (χ3n) is 5.54. The Morgan fingerprint density at radius 3 is 2.42 bits per heavy atom. The minimum atomic E-state index is -0.684. The standard InChI is InChI=1S/C24H26N2O5/c1-15-4-6-16(7-5-15)21-20(23(28)24(29)26(21)11-10-25(2)3)22(27)17-8-9-18-19(14-17)31-13-12-30-18/h4-9,14,21,27H,10-13H2,1-3H3. The molecule has 2 aliphatic heterocycles. The molecule has 1 unspecified atom stereocenters. The highest BCUT2D eigenvalue weighted by Gasteiger charge is 2.45. The van der Waals surface area contributed by atoms with Crippen molar-refractivity contribution >= 4 is 17.4 Å². The number of likely N-dealkylation sites (N-methyl/N-ethyl adjacent to an activating group) is 1. The average molecular weight is 422 g/mol. The molecule has 2 aromatic rings. The Morgan fingerprint density at radius 2 is 1.74 bits per heavy atom. The van der Waals surface area contributed by atoms with Gasteiger partial charge in [-0.2, -0.15) is 0 Å². The number of benzene rings is 2. The van der Waals surface area contributed by atoms with Crippen LogP contribution in [0.5, 0.6) is 11.5 Å². The lowest BCUT2D eigenvalue weighted by molar-refractivity contribution is -0.140. The van der Waals surface area contributed by atoms with Gasteiger partial charge in [0.15, 0.2) is 11.5 Å². The normalized spacial score (nSPS) is 19.9. The molecule has 0 radical (unpaired) electrons. The molecular weight excluding hydrogens is 396 g/mol. The lowest BCUT2D eigenvalue weighted by atomic mass is 9.94. The highest BCUT2D eigenvalue weighted by molar-refractivity contribution is 6.46. The molecule has 1 amide bonds. The van der Waals surface area contributed by atoms with Crippen molar-refractivity contribution in [1.29, 1.82) is 0 Å². The number of aliphatic hydroxyl groups is 1. The second kappa shape index (κ2) is 8.43. The van der Waals surface area contributed by atoms with E-state index in [2.05, 4.69) is 0 Å². The van der Waals surface area contributed by atoms with Gasteiger partial charge in [-0.3, -0.25) is 9.59 Å². The van der Waals surface area contributed by atoms with E-state index in [9.17, 15) is 14.7 Å². The van der Waals surface area contributed by atoms with Crippen LogP contribution >= 0.6 is 0 Å². The van der Waals surface area contributed by atoms with E-state index < -0.39 is 17.7 Å². The van der Waals surface area contributed by atoms with Gasteiger partial charge in [0.25, 0.3) is 11.7 Å². The fourth-order valence-electron chi connectivity index (χ4n) is 3.86. The van der Waals surface area contributed by atoms with Crippen molar-refractivity contribution in [2.24, 2.45) is 0 Å². The molecule has 2 heterocycles. The Labute approximate surface area is 181 Å². The van der Waals surface area contributed by atoms with Crippen LogP contribution in [0.15, 0.2) is 48.0 Å². The second-order valence-electron chi connectivity index (χ2n) is 8.06. The average Bonchev–Trinajstić information content (AvgIpc) is 3.02. The zero-order valence-electron chi connectivity index (χ0n) is 17.9. The number of hydrogen-bond donors (Lipinski definition) is 1. The summed E-state index contributed by atoms with van der Waals surface area (Å²) < 4.78 is 11.1. The van der Waals surface area contributed by atoms with Crippen molar-refractivity contribution in [2.45, 2.75) is 13.0 Å². The maximum Gasteiger partial charge on any atom is 0.295 e. The molecule has 2 aliphatic rings. The molecule has 1 N–H and O–H groups in total. The van der Waals surface area contributed by atoms with Crippen LogP contribution in [0.25, 0.3) is 5.76 Å². The molecule has 31 heavy (non-hydrogen) atoms. The first-order valence-corrected chi connectivity index (χ1v) is 10.3. The van der Waals surface area contributed by atoms with E-state index in [1.807, 2.05) is 50.2 Å². The number of ether oxygens (including phenoxy) is 2. The maximum absolute atomic E-state index is 13.0. The van der Waals surface area contributed by atoms with Crippen molar-refractivity contribution in [3.63, 3.8) is 0 Å². The maximum atomic E-state index is 13.0. The van der Waals surface area contributed by atoms with Gasteiger partial charge in [0, 0.05) is 18.7 Å². The second-order valence-corrected chi connectivity index (χ2v) is 8.06. The molecule has 0 saturated carbocycles. The predicted molar refractivity (Wildman–Crippen MR) is 116 cm³/mol. The van der Waals surface area contributed by atoms with Gasteiger partial charge in [-0.15, -0.1) is 0 Å². The summed E-state index contributed by atoms with van der Waals surface area (Å²) in [4.78, 5) is 29.4. The van der Waals surface area contributed by atoms with Gasteiger partial charge < -0.3 is 24.4 Å². The number of fused-ring (bicyclic) bond motifs is 1. The highest BCUT2D eigenvalue weighted by atomic mass is 16.6. The molecule has 4 rings (SSSR count). The van der Waals surface area contributed by atoms with E-state index in [0.29, 0.717) is 43.4 Å². The molecule has 0 spiro atoms. The van der Waals surface area contributed by atoms with E-state index in [4.69, 9.17) is 9.47 Å². The molecule has 7 heteroatoms. The van der Waals surface area contributed by atoms with E-state index >= 15 is 0 Å². The topological polar surface area (TPSA) is 79.3 Å². The fourth-order valence-corrected chi connectivity index (χ4v) is 3.86. The predicted octanol–water partition coefficient (Wildman–Crippen LogP) is 2.75. The molecule has 0 bridgehead atoms. The first-order chi connectivity index (χ1) is 14.9. The van der Waals surface area contributed by atoms with Gasteiger partial charge in [0.2, 0.25) is 0 Å². The minimum Gasteiger partial charge on any atom is -0.507 e. The van der Waals surface area contributed by atoms with Crippen LogP contribution in [0.3, 0.4) is 0 Å². The molecule has 1 saturated heterocycles. The number of aryl methyl sites for hydroxylation is 1. The van der Waals surface area contributed by atoms with E-state index in [-0.39, 0.29) is 11.3 Å². The van der Waals surface area contributed by atoms with Gasteiger partial charge in [-0.05, 0) is 44.8 Å². The van der Waals surface area contributed by atoms with Crippen molar-refractivity contribution in [2.75, 3.05) is 40.4 Å². The SMILES string of the molecule is Cc1ccc(C2C(=C(O)c3ccc4c(c3)OCCO4)C(=O)C(=O)N2CCN(C)C)cc1. The number of nitrogens with zero attached hydrogens (tertiary/aromatic N) is 2. The molecule has 0 aromatic heterocycles. The van der Waals surface area contributed by atoms with Gasteiger partial charge in [-0.1, -0.05) is 29.8 Å². The van der Waals surface area contributed by atoms with Crippen LogP contribution in [0, 0.1) is 6.92 Å². The van der Waals surface area contributed by atoms with Crippen LogP contribution in [0.2, 0.25) is 0 Å². The summed E-state index contributed by atoms with van der Waals surface area (Å²) in [6, 6.07) is 12.0. The van der Waals surface area contributed by atoms with E-state index in [1.54, 1.807) is 18.2 Å². The zero-order valence-corrected chi connectivity index (χ0v) is 17.9. The van der Waals surface area contributed by atoms with Crippen molar-refractivity contribution in [3.8, 4) is 11.5 Å². The lowest BCUT2D eigenvalue weighted by Crippen LogP contribution is -2.35. The molecule has 7 nitrogen and oxygen atoms in total. The number of ketones is 1. The lowest BCUT2D eigenvalue weighted by Gasteiger charge is -2.26. The Kier molecular flexibility index (Phi) is 5.69. The number of carbonyl (C=O) groups excluding carboxylic acids is 2. The molecular formula is C24H26N2O5. The van der Waals surface area contributed by atoms with Gasteiger partial charge in [-0.25, -0.2) is 0 Å². The summed E-state index contributed by atoms with van der Waals surface area (Å²) in [6.45, 7) is 3.81. The largest absolute Gasteiger partial charge is 0.507 e. The number of carbonyl (C=O) groups is 2. The summed E-state index contributed by atoms with van der Waals surface area (Å²) in [6.07, 6.45) is 0. The van der Waals surface area contributed by atoms with Crippen molar-refractivity contribution < 1.29 is 24.2 Å². The van der Waals surface area contributed by atoms with Crippen LogP contribution in [0.4, 0.5) is 0 Å². The highest BCUT2D eigenvalue weighted by Crippen LogP contribution is 2.41. The molecule has 1 fully saturated rings. The number of Topliss-reactive ketones (excluding diaryl/α,β-unsaturated/α-hetero) is 1. The van der Waals surface area contributed by atoms with E-state index in [1.165, 1.54) is 4.90 Å². The minimum absolute atomic E-state index is 0.0873. The zero-order chi connectivity index (χ0) is 22.1. The van der Waals surface area contributed by atoms with E-state index in [0.717, 1.165) is 11.1 Å². The molecule has 1 atom stereocenters. The third-order valence-corrected chi connectivity index (χ3v) is 5.54. The quantitative estimate of drug-likeness (QED) is 0.454. The third kappa shape index (κ3) is 4.01. The number of hydrogen-bond acceptors (Lipinski definition) is 6. The van der Waals surface area contributed by atoms with Crippen molar-refractivity contribution in [1.82, 2.24) is 9.80 Å². The Balaban J connectivity index is 1.81. The first kappa shape index (κ1) is 20.9. The van der Waals surface area contributed by atoms with Gasteiger partial charge in [0.1, 0.15) is 19.0 Å². The summed E-state index contributed by atoms with van der Waals surface area (Å²) in [5, 5.41) is 11.2. The number of amides is 1. The Bertz CT molecular complexity index is 1040. The monoisotopic (exact) mass is 422 g/mol. The van der Waals surface area contributed by atoms with Crippen LogP contribution in [-0.2, 0) is 9.59 Å². The smallest absolute Gasteiger partial charge is 0.295 e. The summed E-state index contributed by atoms with van der Waals surface area (Å²) >= 11 is 0. The molecule has 162 valence electrons. The van der Waals surface area contributed by atoms with Crippen LogP contribution in [0.1, 0.15) is 22.7 Å². The fraction of sp³-hybridized carbons (Fsp3) is 0.333. The number of aliphatic hydroxyl groups excluding tert-OH is 1. The van der Waals surface area contributed by atoms with Gasteiger partial charge in [0.05, 0.1) is 11.6 Å². The number of likely N-dealkylation sites (tertiary alicyclic amines) is 1. The Hall–Kier alpha value is -3.32. The van der Waals surface area contributed by atoms with Gasteiger partial charge >= 0.3 is 0 Å². The molecule has 2 aromatic carbocycles. The summed E-state index contributed by atoms with van der Waals surface area (Å²) in [7, 11) is 3.82. The van der Waals surface area contributed by atoms with Crippen LogP contribution < -0.4 is 9.47 Å². The van der Waals surface area contributed by atoms with Crippen molar-refractivity contribution in [3.05, 3.63) is 64.7 Å². The van der Waals surface area contributed by atoms with Crippen LogP contribution in [-0.4, -0.2) is 67.0 Å². The first-order valence-electron chi connectivity index (χ1n) is 10.3. The summed E-state index contributed by atoms with van der Waals surface area (Å²) in [5.74, 6) is -0.412. The number of rotatable bonds is 5. The summed E-state index contributed by atoms with van der Waals surface area (Å²) in [5.41, 5.74) is 2.35. The Morgan fingerprint density at radius 1 is 1.06 bits per heavy atom. The molecule has 0 aliphatic carbocycles.